The molecule has 0 spiro atoms. The molecule has 5 nitrogen and oxygen atoms in total. The first-order chi connectivity index (χ1) is 13.8. The molecule has 4 rings (SSSR count). The van der Waals surface area contributed by atoms with Crippen molar-refractivity contribution in [2.45, 2.75) is 17.7 Å². The summed E-state index contributed by atoms with van der Waals surface area (Å²) in [6.45, 7) is 1.13. The molecule has 1 fully saturated rings. The maximum atomic E-state index is 12.2. The van der Waals surface area contributed by atoms with Crippen molar-refractivity contribution >= 4 is 23.5 Å². The molecule has 0 unspecified atom stereocenters. The Bertz CT molecular complexity index is 927. The van der Waals surface area contributed by atoms with Crippen molar-refractivity contribution in [3.8, 4) is 11.1 Å². The minimum absolute atomic E-state index is 0.217. The topological polar surface area (TPSA) is 66.9 Å². The number of hydrogen-bond acceptors (Lipinski definition) is 5. The van der Waals surface area contributed by atoms with Crippen LogP contribution in [0.4, 0.5) is 5.82 Å². The van der Waals surface area contributed by atoms with Crippen LogP contribution in [0.2, 0.25) is 0 Å². The average molecular weight is 391 g/mol. The van der Waals surface area contributed by atoms with Gasteiger partial charge < -0.3 is 10.6 Å². The van der Waals surface area contributed by atoms with E-state index in [1.165, 1.54) is 23.9 Å². The zero-order chi connectivity index (χ0) is 19.2. The standard InChI is InChI=1S/C22H22N4OS/c27-22(19-4-2-10-23-13-19)26-21-9-8-18(14-25-21)17-3-1-5-20(11-17)28-15-24-12-16-6-7-16/h1-5,8-11,13-14,16,24H,6-7,12,15H2,(H,25,26,27). The van der Waals surface area contributed by atoms with E-state index in [2.05, 4.69) is 44.9 Å². The lowest BCUT2D eigenvalue weighted by molar-refractivity contribution is 0.102. The fourth-order valence-electron chi connectivity index (χ4n) is 2.81. The van der Waals surface area contributed by atoms with Crippen molar-refractivity contribution in [2.75, 3.05) is 17.7 Å². The van der Waals surface area contributed by atoms with E-state index in [0.717, 1.165) is 29.5 Å². The Morgan fingerprint density at radius 3 is 2.75 bits per heavy atom. The Kier molecular flexibility index (Phi) is 5.99. The lowest BCUT2D eigenvalue weighted by atomic mass is 10.1. The van der Waals surface area contributed by atoms with Gasteiger partial charge in [0.05, 0.1) is 5.56 Å². The van der Waals surface area contributed by atoms with Crippen LogP contribution in [0.15, 0.2) is 72.0 Å². The first-order valence-electron chi connectivity index (χ1n) is 9.39. The number of anilines is 1. The van der Waals surface area contributed by atoms with Gasteiger partial charge in [0, 0.05) is 34.9 Å². The Labute approximate surface area is 169 Å². The third-order valence-electron chi connectivity index (χ3n) is 4.57. The van der Waals surface area contributed by atoms with Crippen LogP contribution in [0, 0.1) is 5.92 Å². The number of pyridine rings is 2. The summed E-state index contributed by atoms with van der Waals surface area (Å²) in [6, 6.07) is 15.7. The molecule has 28 heavy (non-hydrogen) atoms. The van der Waals surface area contributed by atoms with Crippen LogP contribution in [0.1, 0.15) is 23.2 Å². The van der Waals surface area contributed by atoms with Crippen molar-refractivity contribution in [3.63, 3.8) is 0 Å². The molecular formula is C22H22N4OS. The molecule has 3 aromatic rings. The summed E-state index contributed by atoms with van der Waals surface area (Å²) >= 11 is 1.81. The number of nitrogens with zero attached hydrogens (tertiary/aromatic N) is 2. The molecule has 142 valence electrons. The molecule has 2 heterocycles. The highest BCUT2D eigenvalue weighted by Gasteiger charge is 2.20. The number of nitrogens with one attached hydrogen (secondary N) is 2. The molecule has 0 radical (unpaired) electrons. The van der Waals surface area contributed by atoms with Gasteiger partial charge in [0.1, 0.15) is 5.82 Å². The number of carbonyl (C=O) groups is 1. The van der Waals surface area contributed by atoms with Crippen molar-refractivity contribution < 1.29 is 4.79 Å². The van der Waals surface area contributed by atoms with E-state index >= 15 is 0 Å². The molecule has 0 bridgehead atoms. The van der Waals surface area contributed by atoms with E-state index in [-0.39, 0.29) is 5.91 Å². The molecule has 0 aliphatic heterocycles. The summed E-state index contributed by atoms with van der Waals surface area (Å²) < 4.78 is 0. The van der Waals surface area contributed by atoms with E-state index in [0.29, 0.717) is 11.4 Å². The average Bonchev–Trinajstić information content (AvgIpc) is 3.57. The summed E-state index contributed by atoms with van der Waals surface area (Å²) in [4.78, 5) is 21.8. The summed E-state index contributed by atoms with van der Waals surface area (Å²) in [7, 11) is 0. The smallest absolute Gasteiger partial charge is 0.258 e. The van der Waals surface area contributed by atoms with Crippen molar-refractivity contribution in [3.05, 3.63) is 72.7 Å². The first-order valence-corrected chi connectivity index (χ1v) is 10.4. The molecular weight excluding hydrogens is 368 g/mol. The minimum Gasteiger partial charge on any atom is -0.307 e. The highest BCUT2D eigenvalue weighted by molar-refractivity contribution is 7.99. The molecule has 0 atom stereocenters. The van der Waals surface area contributed by atoms with Crippen LogP contribution in [0.3, 0.4) is 0 Å². The Balaban J connectivity index is 1.36. The number of rotatable bonds is 8. The van der Waals surface area contributed by atoms with E-state index in [9.17, 15) is 4.79 Å². The van der Waals surface area contributed by atoms with Crippen LogP contribution >= 0.6 is 11.8 Å². The van der Waals surface area contributed by atoms with Crippen LogP contribution in [0.25, 0.3) is 11.1 Å². The second-order valence-electron chi connectivity index (χ2n) is 6.84. The second kappa shape index (κ2) is 8.99. The van der Waals surface area contributed by atoms with Gasteiger partial charge in [-0.1, -0.05) is 12.1 Å². The van der Waals surface area contributed by atoms with Crippen LogP contribution in [0.5, 0.6) is 0 Å². The monoisotopic (exact) mass is 390 g/mol. The zero-order valence-corrected chi connectivity index (χ0v) is 16.3. The predicted molar refractivity (Wildman–Crippen MR) is 113 cm³/mol. The maximum Gasteiger partial charge on any atom is 0.258 e. The maximum absolute atomic E-state index is 12.2. The predicted octanol–water partition coefficient (Wildman–Crippen LogP) is 4.45. The van der Waals surface area contributed by atoms with Crippen molar-refractivity contribution in [1.29, 1.82) is 0 Å². The van der Waals surface area contributed by atoms with Crippen molar-refractivity contribution in [1.82, 2.24) is 15.3 Å². The van der Waals surface area contributed by atoms with E-state index < -0.39 is 0 Å². The fourth-order valence-corrected chi connectivity index (χ4v) is 3.58. The summed E-state index contributed by atoms with van der Waals surface area (Å²) in [5, 5.41) is 6.29. The van der Waals surface area contributed by atoms with E-state index in [1.54, 1.807) is 24.5 Å². The molecule has 0 saturated heterocycles. The SMILES string of the molecule is O=C(Nc1ccc(-c2cccc(SCNCC3CC3)c2)cn1)c1cccnc1. The lowest BCUT2D eigenvalue weighted by Crippen LogP contribution is -2.15. The van der Waals surface area contributed by atoms with Crippen LogP contribution in [-0.2, 0) is 0 Å². The Morgan fingerprint density at radius 2 is 2.00 bits per heavy atom. The molecule has 1 aliphatic carbocycles. The highest BCUT2D eigenvalue weighted by Crippen LogP contribution is 2.28. The second-order valence-corrected chi connectivity index (χ2v) is 7.89. The zero-order valence-electron chi connectivity index (χ0n) is 15.5. The Morgan fingerprint density at radius 1 is 1.07 bits per heavy atom. The quantitative estimate of drug-likeness (QED) is 0.338. The number of benzene rings is 1. The molecule has 1 saturated carbocycles. The number of aromatic nitrogens is 2. The number of carbonyl (C=O) groups excluding carboxylic acids is 1. The fraction of sp³-hybridized carbons (Fsp3) is 0.227. The molecule has 1 amide bonds. The minimum atomic E-state index is -0.217. The van der Waals surface area contributed by atoms with Gasteiger partial charge in [-0.25, -0.2) is 4.98 Å². The van der Waals surface area contributed by atoms with E-state index in [4.69, 9.17) is 0 Å². The van der Waals surface area contributed by atoms with Gasteiger partial charge in [0.25, 0.3) is 5.91 Å². The molecule has 2 aromatic heterocycles. The van der Waals surface area contributed by atoms with Gasteiger partial charge in [-0.15, -0.1) is 11.8 Å². The van der Waals surface area contributed by atoms with Gasteiger partial charge in [-0.2, -0.15) is 0 Å². The van der Waals surface area contributed by atoms with Crippen molar-refractivity contribution in [2.24, 2.45) is 5.92 Å². The van der Waals surface area contributed by atoms with Gasteiger partial charge in [0.2, 0.25) is 0 Å². The Hall–Kier alpha value is -2.70. The number of hydrogen-bond donors (Lipinski definition) is 2. The van der Waals surface area contributed by atoms with Gasteiger partial charge in [-0.3, -0.25) is 9.78 Å². The number of amides is 1. The summed E-state index contributed by atoms with van der Waals surface area (Å²) in [5.74, 6) is 2.13. The van der Waals surface area contributed by atoms with Gasteiger partial charge in [-0.05, 0) is 67.3 Å². The molecule has 1 aromatic carbocycles. The van der Waals surface area contributed by atoms with Gasteiger partial charge >= 0.3 is 0 Å². The van der Waals surface area contributed by atoms with E-state index in [1.807, 2.05) is 23.9 Å². The highest BCUT2D eigenvalue weighted by atomic mass is 32.2. The summed E-state index contributed by atoms with van der Waals surface area (Å²) in [5.41, 5.74) is 2.64. The third kappa shape index (κ3) is 5.18. The molecule has 1 aliphatic rings. The largest absolute Gasteiger partial charge is 0.307 e. The normalized spacial score (nSPS) is 13.3. The van der Waals surface area contributed by atoms with Gasteiger partial charge in [0.15, 0.2) is 0 Å². The van der Waals surface area contributed by atoms with Crippen LogP contribution < -0.4 is 10.6 Å². The first kappa shape index (κ1) is 18.7. The third-order valence-corrected chi connectivity index (χ3v) is 5.50. The van der Waals surface area contributed by atoms with Crippen LogP contribution in [-0.4, -0.2) is 28.3 Å². The number of thioether (sulfide) groups is 1. The summed E-state index contributed by atoms with van der Waals surface area (Å²) in [6.07, 6.45) is 7.71. The molecule has 6 heteroatoms. The molecule has 2 N–H and O–H groups in total. The lowest BCUT2D eigenvalue weighted by Gasteiger charge is -2.08.